The molecule has 1 aromatic heterocycles. The second-order valence-corrected chi connectivity index (χ2v) is 5.24. The maximum Gasteiger partial charge on any atom is 0.166 e. The lowest BCUT2D eigenvalue weighted by Gasteiger charge is -2.33. The molecule has 1 aromatic rings. The van der Waals surface area contributed by atoms with Gasteiger partial charge in [0.25, 0.3) is 0 Å². The van der Waals surface area contributed by atoms with Crippen LogP contribution in [0.5, 0.6) is 0 Å². The lowest BCUT2D eigenvalue weighted by Crippen LogP contribution is -2.36. The minimum absolute atomic E-state index is 0.230. The van der Waals surface area contributed by atoms with E-state index in [1.807, 2.05) is 0 Å². The summed E-state index contributed by atoms with van der Waals surface area (Å²) in [4.78, 5) is 6.24. The van der Waals surface area contributed by atoms with E-state index in [-0.39, 0.29) is 5.82 Å². The van der Waals surface area contributed by atoms with Crippen molar-refractivity contribution < 1.29 is 4.39 Å². The van der Waals surface area contributed by atoms with Gasteiger partial charge in [-0.25, -0.2) is 9.37 Å². The lowest BCUT2D eigenvalue weighted by atomic mass is 9.96. The normalized spacial score (nSPS) is 21.2. The fourth-order valence-electron chi connectivity index (χ4n) is 2.23. The van der Waals surface area contributed by atoms with Crippen LogP contribution < -0.4 is 4.90 Å². The van der Waals surface area contributed by atoms with Crippen LogP contribution in [0.4, 0.5) is 10.2 Å². The summed E-state index contributed by atoms with van der Waals surface area (Å²) in [5.41, 5.74) is 0. The van der Waals surface area contributed by atoms with E-state index in [2.05, 4.69) is 32.7 Å². The average molecular weight is 287 g/mol. The van der Waals surface area contributed by atoms with Crippen LogP contribution in [0.2, 0.25) is 0 Å². The first-order chi connectivity index (χ1) is 7.70. The predicted molar refractivity (Wildman–Crippen MR) is 67.1 cm³/mol. The molecule has 0 radical (unpaired) electrons. The Labute approximate surface area is 104 Å². The first kappa shape index (κ1) is 11.8. The third kappa shape index (κ3) is 2.54. The van der Waals surface area contributed by atoms with Crippen LogP contribution in [-0.2, 0) is 0 Å². The highest BCUT2D eigenvalue weighted by Crippen LogP contribution is 2.26. The summed E-state index contributed by atoms with van der Waals surface area (Å²) < 4.78 is 14.4. The third-order valence-electron chi connectivity index (χ3n) is 3.18. The molecule has 0 amide bonds. The van der Waals surface area contributed by atoms with Crippen LogP contribution in [0.3, 0.4) is 0 Å². The number of hydrogen-bond donors (Lipinski definition) is 0. The van der Waals surface area contributed by atoms with E-state index in [1.165, 1.54) is 12.5 Å². The Morgan fingerprint density at radius 1 is 1.62 bits per heavy atom. The molecule has 0 bridgehead atoms. The lowest BCUT2D eigenvalue weighted by molar-refractivity contribution is 0.399. The second kappa shape index (κ2) is 5.13. The van der Waals surface area contributed by atoms with Gasteiger partial charge >= 0.3 is 0 Å². The third-order valence-corrected chi connectivity index (χ3v) is 3.62. The number of rotatable bonds is 2. The molecule has 0 saturated carbocycles. The highest BCUT2D eigenvalue weighted by molar-refractivity contribution is 9.10. The van der Waals surface area contributed by atoms with Crippen LogP contribution in [-0.4, -0.2) is 18.1 Å². The fraction of sp³-hybridized carbons (Fsp3) is 0.583. The number of halogens is 2. The van der Waals surface area contributed by atoms with Gasteiger partial charge in [-0.15, -0.1) is 0 Å². The van der Waals surface area contributed by atoms with Crippen LogP contribution in [0.1, 0.15) is 26.2 Å². The van der Waals surface area contributed by atoms with Gasteiger partial charge in [-0.1, -0.05) is 13.3 Å². The minimum atomic E-state index is -0.230. The molecule has 4 heteroatoms. The van der Waals surface area contributed by atoms with Gasteiger partial charge in [0, 0.05) is 23.8 Å². The smallest absolute Gasteiger partial charge is 0.166 e. The topological polar surface area (TPSA) is 16.1 Å². The maximum atomic E-state index is 13.7. The molecule has 0 aromatic carbocycles. The molecule has 1 aliphatic heterocycles. The van der Waals surface area contributed by atoms with Gasteiger partial charge in [-0.2, -0.15) is 0 Å². The molecular formula is C12H16BrFN2. The average Bonchev–Trinajstić information content (AvgIpc) is 2.29. The SMILES string of the molecule is CCC1CCCN(c2ncc(Br)cc2F)C1. The van der Waals surface area contributed by atoms with Gasteiger partial charge in [0.1, 0.15) is 0 Å². The van der Waals surface area contributed by atoms with Crippen molar-refractivity contribution in [3.05, 3.63) is 22.6 Å². The molecule has 88 valence electrons. The Hall–Kier alpha value is -0.640. The molecule has 2 heterocycles. The van der Waals surface area contributed by atoms with Gasteiger partial charge in [0.2, 0.25) is 0 Å². The van der Waals surface area contributed by atoms with Crippen molar-refractivity contribution in [2.24, 2.45) is 5.92 Å². The van der Waals surface area contributed by atoms with Crippen LogP contribution in [0, 0.1) is 11.7 Å². The van der Waals surface area contributed by atoms with Gasteiger partial charge < -0.3 is 4.90 Å². The molecule has 0 spiro atoms. The minimum Gasteiger partial charge on any atom is -0.354 e. The number of aromatic nitrogens is 1. The van der Waals surface area contributed by atoms with E-state index in [4.69, 9.17) is 0 Å². The molecule has 2 nitrogen and oxygen atoms in total. The highest BCUT2D eigenvalue weighted by atomic mass is 79.9. The zero-order valence-electron chi connectivity index (χ0n) is 9.42. The zero-order chi connectivity index (χ0) is 11.5. The number of piperidine rings is 1. The van der Waals surface area contributed by atoms with Crippen molar-refractivity contribution in [3.8, 4) is 0 Å². The quantitative estimate of drug-likeness (QED) is 0.826. The number of hydrogen-bond acceptors (Lipinski definition) is 2. The van der Waals surface area contributed by atoms with E-state index in [1.54, 1.807) is 6.20 Å². The van der Waals surface area contributed by atoms with E-state index >= 15 is 0 Å². The van der Waals surface area contributed by atoms with Crippen molar-refractivity contribution in [1.29, 1.82) is 0 Å². The molecule has 1 atom stereocenters. The molecule has 1 aliphatic rings. The largest absolute Gasteiger partial charge is 0.354 e. The van der Waals surface area contributed by atoms with Crippen molar-refractivity contribution in [2.45, 2.75) is 26.2 Å². The van der Waals surface area contributed by atoms with Crippen molar-refractivity contribution in [1.82, 2.24) is 4.98 Å². The Morgan fingerprint density at radius 2 is 2.44 bits per heavy atom. The van der Waals surface area contributed by atoms with Crippen LogP contribution in [0.25, 0.3) is 0 Å². The summed E-state index contributed by atoms with van der Waals surface area (Å²) in [6.45, 7) is 4.05. The standard InChI is InChI=1S/C12H16BrFN2/c1-2-9-4-3-5-16(8-9)12-11(14)6-10(13)7-15-12/h6-7,9H,2-5,8H2,1H3. The van der Waals surface area contributed by atoms with Gasteiger partial charge in [0.15, 0.2) is 11.6 Å². The van der Waals surface area contributed by atoms with E-state index in [9.17, 15) is 4.39 Å². The first-order valence-electron chi connectivity index (χ1n) is 5.76. The maximum absolute atomic E-state index is 13.7. The summed E-state index contributed by atoms with van der Waals surface area (Å²) in [5.74, 6) is 0.950. The summed E-state index contributed by atoms with van der Waals surface area (Å²) in [6.07, 6.45) is 5.21. The Kier molecular flexibility index (Phi) is 3.79. The molecule has 16 heavy (non-hydrogen) atoms. The summed E-state index contributed by atoms with van der Waals surface area (Å²) in [5, 5.41) is 0. The van der Waals surface area contributed by atoms with E-state index in [0.717, 1.165) is 25.9 Å². The van der Waals surface area contributed by atoms with Crippen LogP contribution >= 0.6 is 15.9 Å². The monoisotopic (exact) mass is 286 g/mol. The summed E-state index contributed by atoms with van der Waals surface area (Å²) in [7, 11) is 0. The van der Waals surface area contributed by atoms with Gasteiger partial charge in [0.05, 0.1) is 0 Å². The van der Waals surface area contributed by atoms with Gasteiger partial charge in [-0.3, -0.25) is 0 Å². The Bertz CT molecular complexity index is 370. The molecule has 2 rings (SSSR count). The van der Waals surface area contributed by atoms with Crippen molar-refractivity contribution in [3.63, 3.8) is 0 Å². The Balaban J connectivity index is 2.16. The zero-order valence-corrected chi connectivity index (χ0v) is 11.0. The van der Waals surface area contributed by atoms with E-state index in [0.29, 0.717) is 16.2 Å². The van der Waals surface area contributed by atoms with Crippen molar-refractivity contribution in [2.75, 3.05) is 18.0 Å². The molecular weight excluding hydrogens is 271 g/mol. The molecule has 0 N–H and O–H groups in total. The summed E-state index contributed by atoms with van der Waals surface area (Å²) in [6, 6.07) is 1.48. The number of anilines is 1. The van der Waals surface area contributed by atoms with Crippen molar-refractivity contribution >= 4 is 21.7 Å². The molecule has 1 fully saturated rings. The number of pyridine rings is 1. The predicted octanol–water partition coefficient (Wildman–Crippen LogP) is 3.61. The fourth-order valence-corrected chi connectivity index (χ4v) is 2.53. The van der Waals surface area contributed by atoms with E-state index < -0.39 is 0 Å². The molecule has 1 saturated heterocycles. The highest BCUT2D eigenvalue weighted by Gasteiger charge is 2.21. The Morgan fingerprint density at radius 3 is 3.12 bits per heavy atom. The van der Waals surface area contributed by atoms with Crippen LogP contribution in [0.15, 0.2) is 16.7 Å². The first-order valence-corrected chi connectivity index (χ1v) is 6.56. The second-order valence-electron chi connectivity index (χ2n) is 4.32. The molecule has 0 aliphatic carbocycles. The molecule has 1 unspecified atom stereocenters. The number of nitrogens with zero attached hydrogens (tertiary/aromatic N) is 2. The summed E-state index contributed by atoms with van der Waals surface area (Å²) >= 11 is 3.22. The van der Waals surface area contributed by atoms with Gasteiger partial charge in [-0.05, 0) is 40.8 Å².